The van der Waals surface area contributed by atoms with Gasteiger partial charge in [0.2, 0.25) is 0 Å². The Morgan fingerprint density at radius 3 is 3.00 bits per heavy atom. The first-order valence-corrected chi connectivity index (χ1v) is 7.46. The molecule has 5 heteroatoms. The van der Waals surface area contributed by atoms with Crippen molar-refractivity contribution in [1.29, 1.82) is 5.26 Å². The summed E-state index contributed by atoms with van der Waals surface area (Å²) in [6.07, 6.45) is 4.16. The van der Waals surface area contributed by atoms with Crippen molar-refractivity contribution in [3.8, 4) is 6.07 Å². The zero-order valence-corrected chi connectivity index (χ0v) is 12.5. The van der Waals surface area contributed by atoms with E-state index in [1.165, 1.54) is 0 Å². The monoisotopic (exact) mass is 293 g/mol. The standard InChI is InChI=1S/C15H20ClN3O/c1-11-13(10-17)9-14(16)15(18-11)19-6-2-3-12(4-7-19)5-8-20/h9,12,20H,2-8H2,1H3. The van der Waals surface area contributed by atoms with Crippen molar-refractivity contribution < 1.29 is 5.11 Å². The summed E-state index contributed by atoms with van der Waals surface area (Å²) in [6.45, 7) is 3.94. The zero-order chi connectivity index (χ0) is 14.5. The summed E-state index contributed by atoms with van der Waals surface area (Å²) in [5.74, 6) is 1.37. The largest absolute Gasteiger partial charge is 0.396 e. The highest BCUT2D eigenvalue weighted by atomic mass is 35.5. The summed E-state index contributed by atoms with van der Waals surface area (Å²) >= 11 is 6.27. The van der Waals surface area contributed by atoms with E-state index in [1.54, 1.807) is 6.07 Å². The van der Waals surface area contributed by atoms with Crippen molar-refractivity contribution in [2.75, 3.05) is 24.6 Å². The number of aliphatic hydroxyl groups is 1. The number of hydrogen-bond donors (Lipinski definition) is 1. The number of aryl methyl sites for hydroxylation is 1. The van der Waals surface area contributed by atoms with E-state index in [-0.39, 0.29) is 6.61 Å². The van der Waals surface area contributed by atoms with Gasteiger partial charge in [0, 0.05) is 19.7 Å². The smallest absolute Gasteiger partial charge is 0.147 e. The van der Waals surface area contributed by atoms with Gasteiger partial charge in [0.05, 0.1) is 16.3 Å². The van der Waals surface area contributed by atoms with Gasteiger partial charge in [-0.1, -0.05) is 11.6 Å². The highest BCUT2D eigenvalue weighted by molar-refractivity contribution is 6.33. The SMILES string of the molecule is Cc1nc(N2CCCC(CCO)CC2)c(Cl)cc1C#N. The van der Waals surface area contributed by atoms with E-state index in [1.807, 2.05) is 6.92 Å². The second-order valence-electron chi connectivity index (χ2n) is 5.33. The van der Waals surface area contributed by atoms with Gasteiger partial charge in [0.25, 0.3) is 0 Å². The number of pyridine rings is 1. The molecular formula is C15H20ClN3O. The minimum atomic E-state index is 0.264. The highest BCUT2D eigenvalue weighted by Crippen LogP contribution is 2.29. The lowest BCUT2D eigenvalue weighted by Crippen LogP contribution is -2.26. The Labute approximate surface area is 125 Å². The average Bonchev–Trinajstić information content (AvgIpc) is 2.67. The minimum Gasteiger partial charge on any atom is -0.396 e. The molecule has 0 aromatic carbocycles. The summed E-state index contributed by atoms with van der Waals surface area (Å²) in [5.41, 5.74) is 1.26. The van der Waals surface area contributed by atoms with Gasteiger partial charge >= 0.3 is 0 Å². The van der Waals surface area contributed by atoms with Gasteiger partial charge in [0.15, 0.2) is 0 Å². The lowest BCUT2D eigenvalue weighted by Gasteiger charge is -2.23. The van der Waals surface area contributed by atoms with Crippen molar-refractivity contribution in [2.24, 2.45) is 5.92 Å². The van der Waals surface area contributed by atoms with E-state index in [0.29, 0.717) is 16.5 Å². The normalized spacial score (nSPS) is 19.5. The molecule has 0 bridgehead atoms. The van der Waals surface area contributed by atoms with Crippen LogP contribution in [-0.4, -0.2) is 29.8 Å². The molecule has 0 saturated carbocycles. The Balaban J connectivity index is 2.16. The number of nitriles is 1. The number of hydrogen-bond acceptors (Lipinski definition) is 4. The first kappa shape index (κ1) is 15.1. The Morgan fingerprint density at radius 1 is 1.50 bits per heavy atom. The fraction of sp³-hybridized carbons (Fsp3) is 0.600. The van der Waals surface area contributed by atoms with Crippen molar-refractivity contribution in [3.05, 3.63) is 22.3 Å². The van der Waals surface area contributed by atoms with Crippen LogP contribution in [0.3, 0.4) is 0 Å². The first-order chi connectivity index (χ1) is 9.65. The van der Waals surface area contributed by atoms with E-state index in [9.17, 15) is 0 Å². The van der Waals surface area contributed by atoms with Crippen LogP contribution >= 0.6 is 11.6 Å². The molecule has 0 amide bonds. The number of rotatable bonds is 3. The molecule has 2 heterocycles. The fourth-order valence-electron chi connectivity index (χ4n) is 2.75. The molecule has 1 atom stereocenters. The second-order valence-corrected chi connectivity index (χ2v) is 5.74. The van der Waals surface area contributed by atoms with Gasteiger partial charge in [-0.15, -0.1) is 0 Å². The Morgan fingerprint density at radius 2 is 2.30 bits per heavy atom. The summed E-state index contributed by atoms with van der Waals surface area (Å²) in [4.78, 5) is 6.70. The maximum absolute atomic E-state index is 9.05. The lowest BCUT2D eigenvalue weighted by atomic mass is 9.98. The Kier molecular flexibility index (Phi) is 5.22. The van der Waals surface area contributed by atoms with Crippen LogP contribution in [0.15, 0.2) is 6.07 Å². The second kappa shape index (κ2) is 6.92. The molecular weight excluding hydrogens is 274 g/mol. The number of anilines is 1. The van der Waals surface area contributed by atoms with E-state index in [0.717, 1.165) is 50.3 Å². The molecule has 1 saturated heterocycles. The molecule has 1 fully saturated rings. The molecule has 0 spiro atoms. The van der Waals surface area contributed by atoms with Gasteiger partial charge in [0.1, 0.15) is 11.9 Å². The van der Waals surface area contributed by atoms with Gasteiger partial charge in [-0.05, 0) is 44.6 Å². The molecule has 1 unspecified atom stereocenters. The Bertz CT molecular complexity index is 513. The van der Waals surface area contributed by atoms with Crippen LogP contribution < -0.4 is 4.90 Å². The predicted octanol–water partition coefficient (Wildman–Crippen LogP) is 2.90. The third-order valence-corrected chi connectivity index (χ3v) is 4.23. The third-order valence-electron chi connectivity index (χ3n) is 3.95. The van der Waals surface area contributed by atoms with Crippen LogP contribution in [0.25, 0.3) is 0 Å². The molecule has 0 radical (unpaired) electrons. The van der Waals surface area contributed by atoms with Crippen LogP contribution in [-0.2, 0) is 0 Å². The summed E-state index contributed by atoms with van der Waals surface area (Å²) in [5, 5.41) is 18.6. The van der Waals surface area contributed by atoms with Crippen LogP contribution in [0, 0.1) is 24.2 Å². The van der Waals surface area contributed by atoms with Gasteiger partial charge in [-0.3, -0.25) is 0 Å². The van der Waals surface area contributed by atoms with Crippen molar-refractivity contribution in [1.82, 2.24) is 4.98 Å². The zero-order valence-electron chi connectivity index (χ0n) is 11.8. The molecule has 2 rings (SSSR count). The van der Waals surface area contributed by atoms with E-state index in [2.05, 4.69) is 16.0 Å². The van der Waals surface area contributed by atoms with E-state index >= 15 is 0 Å². The van der Waals surface area contributed by atoms with Crippen LogP contribution in [0.4, 0.5) is 5.82 Å². The maximum atomic E-state index is 9.05. The summed E-state index contributed by atoms with van der Waals surface area (Å²) < 4.78 is 0. The van der Waals surface area contributed by atoms with Crippen LogP contribution in [0.5, 0.6) is 0 Å². The number of aromatic nitrogens is 1. The maximum Gasteiger partial charge on any atom is 0.147 e. The fourth-order valence-corrected chi connectivity index (χ4v) is 3.02. The minimum absolute atomic E-state index is 0.264. The van der Waals surface area contributed by atoms with Crippen molar-refractivity contribution in [2.45, 2.75) is 32.6 Å². The molecule has 1 N–H and O–H groups in total. The molecule has 0 aliphatic carbocycles. The molecule has 20 heavy (non-hydrogen) atoms. The molecule has 1 aliphatic rings. The first-order valence-electron chi connectivity index (χ1n) is 7.08. The third kappa shape index (κ3) is 3.41. The quantitative estimate of drug-likeness (QED) is 0.931. The topological polar surface area (TPSA) is 60.1 Å². The molecule has 1 aliphatic heterocycles. The summed E-state index contributed by atoms with van der Waals surface area (Å²) in [6, 6.07) is 3.81. The lowest BCUT2D eigenvalue weighted by molar-refractivity contribution is 0.249. The number of nitrogens with zero attached hydrogens (tertiary/aromatic N) is 3. The number of halogens is 1. The van der Waals surface area contributed by atoms with Crippen molar-refractivity contribution in [3.63, 3.8) is 0 Å². The summed E-state index contributed by atoms with van der Waals surface area (Å²) in [7, 11) is 0. The highest BCUT2D eigenvalue weighted by Gasteiger charge is 2.20. The van der Waals surface area contributed by atoms with Gasteiger partial charge in [-0.2, -0.15) is 5.26 Å². The molecule has 1 aromatic rings. The van der Waals surface area contributed by atoms with Crippen molar-refractivity contribution >= 4 is 17.4 Å². The molecule has 1 aromatic heterocycles. The molecule has 4 nitrogen and oxygen atoms in total. The Hall–Kier alpha value is -1.31. The van der Waals surface area contributed by atoms with Gasteiger partial charge in [-0.25, -0.2) is 4.98 Å². The average molecular weight is 294 g/mol. The predicted molar refractivity (Wildman–Crippen MR) is 80.0 cm³/mol. The van der Waals surface area contributed by atoms with Crippen LogP contribution in [0.1, 0.15) is 36.9 Å². The van der Waals surface area contributed by atoms with E-state index < -0.39 is 0 Å². The number of aliphatic hydroxyl groups excluding tert-OH is 1. The van der Waals surface area contributed by atoms with E-state index in [4.69, 9.17) is 22.0 Å². The molecule has 108 valence electrons. The van der Waals surface area contributed by atoms with Gasteiger partial charge < -0.3 is 10.0 Å². The van der Waals surface area contributed by atoms with Crippen LogP contribution in [0.2, 0.25) is 5.02 Å².